The average Bonchev–Trinajstić information content (AvgIpc) is 3.38. The molecule has 2 aliphatic rings. The third kappa shape index (κ3) is 5.81. The third-order valence-electron chi connectivity index (χ3n) is 6.67. The molecule has 0 spiro atoms. The Morgan fingerprint density at radius 3 is 2.62 bits per heavy atom. The van der Waals surface area contributed by atoms with Gasteiger partial charge in [0.1, 0.15) is 6.04 Å². The molecule has 1 saturated heterocycles. The Kier molecular flexibility index (Phi) is 7.38. The molecule has 0 aromatic carbocycles. The third-order valence-corrected chi connectivity index (χ3v) is 6.97. The van der Waals surface area contributed by atoms with Gasteiger partial charge < -0.3 is 25.4 Å². The van der Waals surface area contributed by atoms with E-state index in [-0.39, 0.29) is 54.3 Å². The molecule has 3 amide bonds. The maximum Gasteiger partial charge on any atom is 0.410 e. The number of aromatic nitrogens is 3. The summed E-state index contributed by atoms with van der Waals surface area (Å²) >= 11 is 6.35. The van der Waals surface area contributed by atoms with Crippen molar-refractivity contribution >= 4 is 29.4 Å². The summed E-state index contributed by atoms with van der Waals surface area (Å²) in [6.07, 6.45) is -5.21. The Bertz CT molecular complexity index is 1170. The number of imidazole rings is 1. The van der Waals surface area contributed by atoms with Crippen LogP contribution in [0, 0.1) is 5.92 Å². The first-order valence-corrected chi connectivity index (χ1v) is 11.7. The summed E-state index contributed by atoms with van der Waals surface area (Å²) in [6, 6.07) is -3.54. The number of carboxylic acid groups (broad SMARTS) is 1. The fourth-order valence-corrected chi connectivity index (χ4v) is 5.06. The molecular formula is C21H24ClF5N6O4. The van der Waals surface area contributed by atoms with E-state index in [9.17, 15) is 36.6 Å². The average molecular weight is 555 g/mol. The minimum atomic E-state index is -4.65. The van der Waals surface area contributed by atoms with E-state index in [0.29, 0.717) is 0 Å². The van der Waals surface area contributed by atoms with E-state index < -0.39 is 54.8 Å². The molecule has 2 fully saturated rings. The first-order valence-electron chi connectivity index (χ1n) is 11.3. The van der Waals surface area contributed by atoms with Crippen molar-refractivity contribution in [2.24, 2.45) is 5.92 Å². The maximum absolute atomic E-state index is 13.7. The number of urea groups is 1. The number of hydrogen-bond acceptors (Lipinski definition) is 5. The molecule has 204 valence electrons. The zero-order valence-electron chi connectivity index (χ0n) is 19.4. The van der Waals surface area contributed by atoms with Crippen LogP contribution in [0.15, 0.2) is 12.3 Å². The molecule has 0 radical (unpaired) electrons. The summed E-state index contributed by atoms with van der Waals surface area (Å²) in [5.74, 6) is -3.25. The fraction of sp³-hybridized carbons (Fsp3) is 0.619. The highest BCUT2D eigenvalue weighted by molar-refractivity contribution is 6.30. The van der Waals surface area contributed by atoms with Crippen molar-refractivity contribution < 1.29 is 41.4 Å². The van der Waals surface area contributed by atoms with Crippen LogP contribution in [0.1, 0.15) is 49.0 Å². The normalized spacial score (nSPS) is 22.2. The highest BCUT2D eigenvalue weighted by atomic mass is 35.5. The number of hydrogen-bond donors (Lipinski definition) is 3. The van der Waals surface area contributed by atoms with E-state index >= 15 is 0 Å². The van der Waals surface area contributed by atoms with Crippen molar-refractivity contribution in [3.05, 3.63) is 28.7 Å². The first kappa shape index (κ1) is 27.1. The molecule has 1 aliphatic carbocycles. The molecule has 3 atom stereocenters. The van der Waals surface area contributed by atoms with E-state index in [1.54, 1.807) is 0 Å². The summed E-state index contributed by atoms with van der Waals surface area (Å²) in [7, 11) is 1.31. The van der Waals surface area contributed by atoms with Gasteiger partial charge in [0.15, 0.2) is 10.8 Å². The molecule has 2 aromatic heterocycles. The van der Waals surface area contributed by atoms with Gasteiger partial charge in [-0.15, -0.1) is 0 Å². The van der Waals surface area contributed by atoms with Gasteiger partial charge in [0.2, 0.25) is 5.92 Å². The molecule has 4 rings (SSSR count). The second-order valence-corrected chi connectivity index (χ2v) is 9.50. The van der Waals surface area contributed by atoms with Crippen LogP contribution in [0.2, 0.25) is 5.15 Å². The number of methoxy groups -OCH3 is 1. The highest BCUT2D eigenvalue weighted by Gasteiger charge is 2.49. The van der Waals surface area contributed by atoms with Crippen LogP contribution in [0.25, 0.3) is 5.65 Å². The maximum atomic E-state index is 13.7. The van der Waals surface area contributed by atoms with Gasteiger partial charge in [-0.25, -0.2) is 27.9 Å². The summed E-state index contributed by atoms with van der Waals surface area (Å²) < 4.78 is 73.3. The molecule has 1 saturated carbocycles. The number of nitrogens with one attached hydrogen (secondary N) is 2. The number of alkyl halides is 5. The number of rotatable bonds is 7. The van der Waals surface area contributed by atoms with E-state index in [0.717, 1.165) is 4.90 Å². The lowest BCUT2D eigenvalue weighted by Gasteiger charge is -2.32. The Balaban J connectivity index is 1.67. The van der Waals surface area contributed by atoms with Gasteiger partial charge in [0.05, 0.1) is 37.1 Å². The summed E-state index contributed by atoms with van der Waals surface area (Å²) in [6.45, 7) is -0.864. The van der Waals surface area contributed by atoms with Gasteiger partial charge >= 0.3 is 18.3 Å². The second-order valence-electron chi connectivity index (χ2n) is 9.15. The lowest BCUT2D eigenvalue weighted by atomic mass is 9.81. The van der Waals surface area contributed by atoms with E-state index in [4.69, 9.17) is 16.3 Å². The summed E-state index contributed by atoms with van der Waals surface area (Å²) in [4.78, 5) is 29.2. The summed E-state index contributed by atoms with van der Waals surface area (Å²) in [5, 5.41) is 17.6. The Hall–Kier alpha value is -2.94. The van der Waals surface area contributed by atoms with Gasteiger partial charge in [-0.2, -0.15) is 18.3 Å². The van der Waals surface area contributed by atoms with Gasteiger partial charge in [-0.3, -0.25) is 0 Å². The number of ether oxygens (including phenoxy) is 1. The smallest absolute Gasteiger partial charge is 0.410 e. The van der Waals surface area contributed by atoms with Gasteiger partial charge in [0, 0.05) is 25.5 Å². The second kappa shape index (κ2) is 10.1. The van der Waals surface area contributed by atoms with Crippen LogP contribution >= 0.6 is 11.6 Å². The Morgan fingerprint density at radius 1 is 1.38 bits per heavy atom. The fourth-order valence-electron chi connectivity index (χ4n) is 4.80. The van der Waals surface area contributed by atoms with Crippen LogP contribution < -0.4 is 10.6 Å². The quantitative estimate of drug-likeness (QED) is 0.442. The topological polar surface area (TPSA) is 121 Å². The van der Waals surface area contributed by atoms with Crippen LogP contribution in [0.3, 0.4) is 0 Å². The molecule has 37 heavy (non-hydrogen) atoms. The van der Waals surface area contributed by atoms with Crippen LogP contribution in [-0.4, -0.2) is 75.1 Å². The molecular weight excluding hydrogens is 531 g/mol. The lowest BCUT2D eigenvalue weighted by molar-refractivity contribution is -0.150. The number of amides is 3. The van der Waals surface area contributed by atoms with Crippen molar-refractivity contribution in [2.75, 3.05) is 20.3 Å². The van der Waals surface area contributed by atoms with Crippen molar-refractivity contribution in [1.29, 1.82) is 0 Å². The molecule has 3 N–H and O–H groups in total. The predicted octanol–water partition coefficient (Wildman–Crippen LogP) is 4.16. The SMILES string of the molecule is COCC(c1cc2nc(C(NC(=O)O)C3CCC(F)(F)CC3)cn2nc1Cl)N1C[C@@H](C(F)(F)F)NC1=O. The van der Waals surface area contributed by atoms with Crippen molar-refractivity contribution in [3.63, 3.8) is 0 Å². The Labute approximate surface area is 212 Å². The largest absolute Gasteiger partial charge is 0.465 e. The van der Waals surface area contributed by atoms with Gasteiger partial charge in [-0.05, 0) is 24.8 Å². The molecule has 0 bridgehead atoms. The molecule has 2 unspecified atom stereocenters. The number of halogens is 6. The van der Waals surface area contributed by atoms with Crippen molar-refractivity contribution in [1.82, 2.24) is 30.1 Å². The van der Waals surface area contributed by atoms with E-state index in [1.165, 1.54) is 23.9 Å². The minimum absolute atomic E-state index is 0.0750. The minimum Gasteiger partial charge on any atom is -0.465 e. The van der Waals surface area contributed by atoms with Crippen molar-refractivity contribution in [2.45, 2.75) is 55.9 Å². The van der Waals surface area contributed by atoms with Crippen LogP contribution in [-0.2, 0) is 4.74 Å². The number of fused-ring (bicyclic) bond motifs is 1. The zero-order valence-corrected chi connectivity index (χ0v) is 20.2. The molecule has 3 heterocycles. The predicted molar refractivity (Wildman–Crippen MR) is 119 cm³/mol. The molecule has 1 aliphatic heterocycles. The molecule has 10 nitrogen and oxygen atoms in total. The van der Waals surface area contributed by atoms with E-state index in [1.807, 2.05) is 5.32 Å². The first-order chi connectivity index (χ1) is 17.3. The van der Waals surface area contributed by atoms with Crippen LogP contribution in [0.5, 0.6) is 0 Å². The number of carbonyl (C=O) groups excluding carboxylic acids is 1. The zero-order chi connectivity index (χ0) is 27.1. The van der Waals surface area contributed by atoms with Gasteiger partial charge in [-0.1, -0.05) is 11.6 Å². The van der Waals surface area contributed by atoms with E-state index in [2.05, 4.69) is 15.4 Å². The molecule has 16 heteroatoms. The highest BCUT2D eigenvalue weighted by Crippen LogP contribution is 2.41. The Morgan fingerprint density at radius 2 is 2.05 bits per heavy atom. The summed E-state index contributed by atoms with van der Waals surface area (Å²) in [5.41, 5.74) is 0.560. The monoisotopic (exact) mass is 554 g/mol. The van der Waals surface area contributed by atoms with Crippen molar-refractivity contribution in [3.8, 4) is 0 Å². The standard InChI is InChI=1S/C21H24ClF5N6O4/c1-37-9-13(32-8-14(21(25,26)27)29-18(32)34)11-6-15-28-12(7-33(15)31-17(11)22)16(30-19(35)36)10-2-4-20(23,24)5-3-10/h6-7,10,13-14,16,30H,2-5,8-9H2,1H3,(H,29,34)(H,35,36)/t13?,14-,16?/m0/s1. The lowest BCUT2D eigenvalue weighted by Crippen LogP contribution is -2.40. The number of carbonyl (C=O) groups is 2. The van der Waals surface area contributed by atoms with Gasteiger partial charge in [0.25, 0.3) is 0 Å². The number of nitrogens with zero attached hydrogens (tertiary/aromatic N) is 4. The molecule has 2 aromatic rings. The van der Waals surface area contributed by atoms with Crippen LogP contribution in [0.4, 0.5) is 31.5 Å².